The molecular formula is C11H19. The fraction of sp³-hybridized carbons (Fsp3) is 0.545. The summed E-state index contributed by atoms with van der Waals surface area (Å²) in [5, 5.41) is 0. The normalized spacial score (nSPS) is 12.8. The van der Waals surface area contributed by atoms with Gasteiger partial charge in [0.05, 0.1) is 0 Å². The first-order chi connectivity index (χ1) is 5.31. The molecule has 0 unspecified atom stereocenters. The lowest BCUT2D eigenvalue weighted by Crippen LogP contribution is -1.71. The molecule has 0 spiro atoms. The Kier molecular flexibility index (Phi) is 7.23. The van der Waals surface area contributed by atoms with E-state index in [0.29, 0.717) is 0 Å². The summed E-state index contributed by atoms with van der Waals surface area (Å²) in [6, 6.07) is 0. The smallest absolute Gasteiger partial charge is 0.0142 e. The fourth-order valence-corrected chi connectivity index (χ4v) is 0.792. The predicted octanol–water partition coefficient (Wildman–Crippen LogP) is 3.90. The number of unbranched alkanes of at least 4 members (excludes halogenated alkanes) is 2. The van der Waals surface area contributed by atoms with E-state index >= 15 is 0 Å². The van der Waals surface area contributed by atoms with Gasteiger partial charge in [0.15, 0.2) is 0 Å². The zero-order valence-corrected chi connectivity index (χ0v) is 7.77. The maximum atomic E-state index is 3.70. The van der Waals surface area contributed by atoms with Crippen molar-refractivity contribution < 1.29 is 0 Å². The Hall–Kier alpha value is -0.520. The molecule has 1 radical (unpaired) electrons. The lowest BCUT2D eigenvalue weighted by atomic mass is 10.2. The predicted molar refractivity (Wildman–Crippen MR) is 52.4 cm³/mol. The van der Waals surface area contributed by atoms with Gasteiger partial charge >= 0.3 is 0 Å². The third kappa shape index (κ3) is 7.38. The van der Waals surface area contributed by atoms with Gasteiger partial charge in [-0.3, -0.25) is 0 Å². The van der Waals surface area contributed by atoms with Gasteiger partial charge in [0, 0.05) is 0 Å². The standard InChI is InChI=1S/C11H19/c1-4-6-7-8-9-10-11(3)5-2/h5,8-9H,2,4,6-7,10H2,1,3H3/b9-8+,11-5+. The van der Waals surface area contributed by atoms with Crippen LogP contribution in [0.3, 0.4) is 0 Å². The second kappa shape index (κ2) is 7.59. The van der Waals surface area contributed by atoms with E-state index in [1.54, 1.807) is 0 Å². The molecule has 11 heavy (non-hydrogen) atoms. The summed E-state index contributed by atoms with van der Waals surface area (Å²) in [6.45, 7) is 8.03. The summed E-state index contributed by atoms with van der Waals surface area (Å²) < 4.78 is 0. The van der Waals surface area contributed by atoms with Gasteiger partial charge in [-0.05, 0) is 26.7 Å². The fourth-order valence-electron chi connectivity index (χ4n) is 0.792. The average Bonchev–Trinajstić information content (AvgIpc) is 2.04. The van der Waals surface area contributed by atoms with Crippen LogP contribution in [0.1, 0.15) is 39.5 Å². The minimum Gasteiger partial charge on any atom is -0.0882 e. The van der Waals surface area contributed by atoms with Gasteiger partial charge in [0.2, 0.25) is 0 Å². The third-order valence-corrected chi connectivity index (χ3v) is 1.68. The molecule has 0 rings (SSSR count). The maximum absolute atomic E-state index is 3.70. The molecule has 0 heterocycles. The molecule has 0 amide bonds. The van der Waals surface area contributed by atoms with Gasteiger partial charge in [0.1, 0.15) is 0 Å². The average molecular weight is 151 g/mol. The Balaban J connectivity index is 3.30. The molecule has 0 aliphatic rings. The first-order valence-corrected chi connectivity index (χ1v) is 4.41. The van der Waals surface area contributed by atoms with Crippen molar-refractivity contribution in [2.75, 3.05) is 0 Å². The van der Waals surface area contributed by atoms with Gasteiger partial charge in [-0.25, -0.2) is 0 Å². The van der Waals surface area contributed by atoms with E-state index in [1.807, 2.05) is 6.08 Å². The molecule has 63 valence electrons. The van der Waals surface area contributed by atoms with Crippen LogP contribution in [0.4, 0.5) is 0 Å². The van der Waals surface area contributed by atoms with E-state index in [-0.39, 0.29) is 0 Å². The summed E-state index contributed by atoms with van der Waals surface area (Å²) in [7, 11) is 0. The minimum atomic E-state index is 1.06. The van der Waals surface area contributed by atoms with E-state index in [2.05, 4.69) is 32.9 Å². The molecule has 0 N–H and O–H groups in total. The Morgan fingerprint density at radius 2 is 2.09 bits per heavy atom. The maximum Gasteiger partial charge on any atom is -0.0142 e. The Bertz CT molecular complexity index is 129. The van der Waals surface area contributed by atoms with Crippen molar-refractivity contribution >= 4 is 0 Å². The molecule has 0 aliphatic heterocycles. The summed E-state index contributed by atoms with van der Waals surface area (Å²) in [5.74, 6) is 0. The summed E-state index contributed by atoms with van der Waals surface area (Å²) in [6.07, 6.45) is 11.3. The van der Waals surface area contributed by atoms with Gasteiger partial charge in [-0.2, -0.15) is 0 Å². The van der Waals surface area contributed by atoms with E-state index in [9.17, 15) is 0 Å². The molecule has 0 aromatic heterocycles. The molecule has 0 atom stereocenters. The van der Waals surface area contributed by atoms with Crippen LogP contribution in [0.2, 0.25) is 0 Å². The van der Waals surface area contributed by atoms with Crippen molar-refractivity contribution in [3.05, 3.63) is 30.7 Å². The molecule has 0 saturated heterocycles. The van der Waals surface area contributed by atoms with Crippen molar-refractivity contribution in [1.29, 1.82) is 0 Å². The van der Waals surface area contributed by atoms with Gasteiger partial charge in [-0.15, -0.1) is 0 Å². The van der Waals surface area contributed by atoms with Gasteiger partial charge < -0.3 is 0 Å². The second-order valence-electron chi connectivity index (χ2n) is 2.87. The van der Waals surface area contributed by atoms with Gasteiger partial charge in [-0.1, -0.05) is 43.6 Å². The van der Waals surface area contributed by atoms with Crippen molar-refractivity contribution in [2.45, 2.75) is 39.5 Å². The largest absolute Gasteiger partial charge is 0.0882 e. The van der Waals surface area contributed by atoms with E-state index in [0.717, 1.165) is 6.42 Å². The van der Waals surface area contributed by atoms with Crippen LogP contribution in [0.15, 0.2) is 23.8 Å². The van der Waals surface area contributed by atoms with Crippen molar-refractivity contribution in [1.82, 2.24) is 0 Å². The molecule has 0 heteroatoms. The van der Waals surface area contributed by atoms with Crippen LogP contribution < -0.4 is 0 Å². The Morgan fingerprint density at radius 1 is 1.36 bits per heavy atom. The summed E-state index contributed by atoms with van der Waals surface area (Å²) >= 11 is 0. The zero-order valence-electron chi connectivity index (χ0n) is 7.77. The van der Waals surface area contributed by atoms with Crippen LogP contribution in [0.5, 0.6) is 0 Å². The van der Waals surface area contributed by atoms with Crippen molar-refractivity contribution in [3.8, 4) is 0 Å². The lowest BCUT2D eigenvalue weighted by molar-refractivity contribution is 0.813. The topological polar surface area (TPSA) is 0 Å². The van der Waals surface area contributed by atoms with Crippen LogP contribution in [-0.4, -0.2) is 0 Å². The Morgan fingerprint density at radius 3 is 2.64 bits per heavy atom. The highest BCUT2D eigenvalue weighted by molar-refractivity contribution is 5.05. The van der Waals surface area contributed by atoms with Crippen LogP contribution in [0.25, 0.3) is 0 Å². The lowest BCUT2D eigenvalue weighted by Gasteiger charge is -1.92. The molecule has 0 aliphatic carbocycles. The number of allylic oxidation sites excluding steroid dienone is 4. The monoisotopic (exact) mass is 151 g/mol. The van der Waals surface area contributed by atoms with Crippen LogP contribution in [-0.2, 0) is 0 Å². The molecule has 0 aromatic carbocycles. The first-order valence-electron chi connectivity index (χ1n) is 4.41. The molecular weight excluding hydrogens is 132 g/mol. The van der Waals surface area contributed by atoms with Gasteiger partial charge in [0.25, 0.3) is 0 Å². The summed E-state index contributed by atoms with van der Waals surface area (Å²) in [4.78, 5) is 0. The van der Waals surface area contributed by atoms with E-state index in [1.165, 1.54) is 24.8 Å². The molecule has 0 bridgehead atoms. The number of hydrogen-bond donors (Lipinski definition) is 0. The number of rotatable bonds is 5. The highest BCUT2D eigenvalue weighted by atomic mass is 13.9. The molecule has 0 fully saturated rings. The minimum absolute atomic E-state index is 1.06. The van der Waals surface area contributed by atoms with Crippen molar-refractivity contribution in [2.24, 2.45) is 0 Å². The highest BCUT2D eigenvalue weighted by Gasteiger charge is 1.81. The first kappa shape index (κ1) is 10.5. The van der Waals surface area contributed by atoms with Crippen LogP contribution in [0, 0.1) is 6.92 Å². The molecule has 0 aromatic rings. The zero-order chi connectivity index (χ0) is 8.53. The quantitative estimate of drug-likeness (QED) is 0.413. The van der Waals surface area contributed by atoms with Crippen LogP contribution >= 0.6 is 0 Å². The van der Waals surface area contributed by atoms with E-state index < -0.39 is 0 Å². The summed E-state index contributed by atoms with van der Waals surface area (Å²) in [5.41, 5.74) is 1.35. The highest BCUT2D eigenvalue weighted by Crippen LogP contribution is 2.02. The SMILES string of the molecule is [CH2]/C=C(\C)C/C=C/CCCC. The second-order valence-corrected chi connectivity index (χ2v) is 2.87. The number of hydrogen-bond acceptors (Lipinski definition) is 0. The van der Waals surface area contributed by atoms with Crippen molar-refractivity contribution in [3.63, 3.8) is 0 Å². The molecule has 0 nitrogen and oxygen atoms in total. The van der Waals surface area contributed by atoms with E-state index in [4.69, 9.17) is 0 Å². The Labute approximate surface area is 71.0 Å². The third-order valence-electron chi connectivity index (χ3n) is 1.68. The molecule has 0 saturated carbocycles.